The summed E-state index contributed by atoms with van der Waals surface area (Å²) in [6.45, 7) is 10.0. The zero-order chi connectivity index (χ0) is 14.6. The molecule has 1 rings (SSSR count). The number of benzene rings is 1. The van der Waals surface area contributed by atoms with Crippen molar-refractivity contribution >= 4 is 27.5 Å². The van der Waals surface area contributed by atoms with Crippen LogP contribution in [0.25, 0.3) is 0 Å². The highest BCUT2D eigenvalue weighted by Crippen LogP contribution is 2.19. The van der Waals surface area contributed by atoms with Gasteiger partial charge in [-0.2, -0.15) is 0 Å². The third-order valence-corrected chi connectivity index (χ3v) is 3.08. The molecule has 0 saturated carbocycles. The summed E-state index contributed by atoms with van der Waals surface area (Å²) in [5.41, 5.74) is 7.05. The van der Waals surface area contributed by atoms with Crippen LogP contribution in [0.2, 0.25) is 0 Å². The van der Waals surface area contributed by atoms with Gasteiger partial charge in [0.15, 0.2) is 0 Å². The first-order chi connectivity index (χ1) is 8.79. The summed E-state index contributed by atoms with van der Waals surface area (Å²) in [4.78, 5) is 14.5. The van der Waals surface area contributed by atoms with Crippen molar-refractivity contribution in [2.24, 2.45) is 11.8 Å². The molecule has 1 aromatic rings. The van der Waals surface area contributed by atoms with Crippen LogP contribution < -0.4 is 5.73 Å². The first-order valence-electron chi connectivity index (χ1n) is 6.65. The van der Waals surface area contributed by atoms with Gasteiger partial charge < -0.3 is 10.6 Å². The molecule has 0 fully saturated rings. The lowest BCUT2D eigenvalue weighted by atomic mass is 10.1. The number of nitrogen functional groups attached to an aromatic ring is 1. The van der Waals surface area contributed by atoms with Crippen molar-refractivity contribution in [3.63, 3.8) is 0 Å². The Kier molecular flexibility index (Phi) is 5.85. The van der Waals surface area contributed by atoms with E-state index in [2.05, 4.69) is 43.6 Å². The molecule has 4 heteroatoms. The van der Waals surface area contributed by atoms with Crippen LogP contribution in [-0.2, 0) is 0 Å². The highest BCUT2D eigenvalue weighted by Gasteiger charge is 2.18. The Hall–Kier alpha value is -1.03. The predicted molar refractivity (Wildman–Crippen MR) is 84.1 cm³/mol. The van der Waals surface area contributed by atoms with Crippen molar-refractivity contribution in [3.05, 3.63) is 28.2 Å². The molecule has 0 aliphatic heterocycles. The molecule has 0 unspecified atom stereocenters. The highest BCUT2D eigenvalue weighted by atomic mass is 79.9. The largest absolute Gasteiger partial charge is 0.399 e. The second-order valence-corrected chi connectivity index (χ2v) is 6.69. The first kappa shape index (κ1) is 16.0. The van der Waals surface area contributed by atoms with E-state index < -0.39 is 0 Å². The SMILES string of the molecule is CC(C)CN(CC(C)C)C(=O)c1cc(N)cc(Br)c1. The Morgan fingerprint density at radius 2 is 1.68 bits per heavy atom. The van der Waals surface area contributed by atoms with Gasteiger partial charge in [0, 0.05) is 28.8 Å². The number of hydrogen-bond acceptors (Lipinski definition) is 2. The monoisotopic (exact) mass is 326 g/mol. The van der Waals surface area contributed by atoms with Gasteiger partial charge >= 0.3 is 0 Å². The van der Waals surface area contributed by atoms with E-state index >= 15 is 0 Å². The maximum Gasteiger partial charge on any atom is 0.253 e. The van der Waals surface area contributed by atoms with Crippen molar-refractivity contribution in [1.82, 2.24) is 4.90 Å². The third kappa shape index (κ3) is 5.23. The summed E-state index contributed by atoms with van der Waals surface area (Å²) in [6.07, 6.45) is 0. The Bertz CT molecular complexity index is 414. The van der Waals surface area contributed by atoms with Gasteiger partial charge in [-0.25, -0.2) is 0 Å². The number of rotatable bonds is 5. The number of halogens is 1. The van der Waals surface area contributed by atoms with Crippen molar-refractivity contribution < 1.29 is 4.79 Å². The Balaban J connectivity index is 2.97. The molecule has 0 aromatic heterocycles. The minimum Gasteiger partial charge on any atom is -0.399 e. The lowest BCUT2D eigenvalue weighted by Gasteiger charge is -2.26. The predicted octanol–water partition coefficient (Wildman–Crippen LogP) is 3.79. The van der Waals surface area contributed by atoms with E-state index in [-0.39, 0.29) is 5.91 Å². The molecule has 1 amide bonds. The number of carbonyl (C=O) groups is 1. The lowest BCUT2D eigenvalue weighted by molar-refractivity contribution is 0.0715. The summed E-state index contributed by atoms with van der Waals surface area (Å²) >= 11 is 3.38. The van der Waals surface area contributed by atoms with Gasteiger partial charge in [-0.3, -0.25) is 4.79 Å². The van der Waals surface area contributed by atoms with Gasteiger partial charge in [-0.05, 0) is 30.0 Å². The summed E-state index contributed by atoms with van der Waals surface area (Å²) in [5.74, 6) is 0.954. The number of anilines is 1. The fraction of sp³-hybridized carbons (Fsp3) is 0.533. The minimum atomic E-state index is 0.0513. The Morgan fingerprint density at radius 3 is 2.11 bits per heavy atom. The second kappa shape index (κ2) is 6.94. The van der Waals surface area contributed by atoms with Crippen LogP contribution in [0.15, 0.2) is 22.7 Å². The Labute approximate surface area is 124 Å². The summed E-state index contributed by atoms with van der Waals surface area (Å²) in [5, 5.41) is 0. The molecule has 0 radical (unpaired) electrons. The molecule has 0 atom stereocenters. The van der Waals surface area contributed by atoms with Gasteiger partial charge in [0.25, 0.3) is 5.91 Å². The molecule has 0 bridgehead atoms. The Morgan fingerprint density at radius 1 is 1.16 bits per heavy atom. The maximum absolute atomic E-state index is 12.6. The molecule has 3 nitrogen and oxygen atoms in total. The average Bonchev–Trinajstić information content (AvgIpc) is 2.24. The number of nitrogens with two attached hydrogens (primary N) is 1. The van der Waals surface area contributed by atoms with E-state index in [9.17, 15) is 4.79 Å². The van der Waals surface area contributed by atoms with Gasteiger partial charge in [-0.15, -0.1) is 0 Å². The molecular weight excluding hydrogens is 304 g/mol. The summed E-state index contributed by atoms with van der Waals surface area (Å²) < 4.78 is 0.838. The molecule has 0 aliphatic carbocycles. The standard InChI is InChI=1S/C15H23BrN2O/c1-10(2)8-18(9-11(3)4)15(19)12-5-13(16)7-14(17)6-12/h5-7,10-11H,8-9,17H2,1-4H3. The van der Waals surface area contributed by atoms with Crippen LogP contribution in [0.1, 0.15) is 38.1 Å². The zero-order valence-electron chi connectivity index (χ0n) is 12.1. The number of hydrogen-bond donors (Lipinski definition) is 1. The van der Waals surface area contributed by atoms with Crippen molar-refractivity contribution in [1.29, 1.82) is 0 Å². The summed E-state index contributed by atoms with van der Waals surface area (Å²) in [7, 11) is 0. The molecule has 2 N–H and O–H groups in total. The van der Waals surface area contributed by atoms with Crippen LogP contribution in [0.3, 0.4) is 0 Å². The molecular formula is C15H23BrN2O. The van der Waals surface area contributed by atoms with E-state index in [1.165, 1.54) is 0 Å². The maximum atomic E-state index is 12.6. The third-order valence-electron chi connectivity index (χ3n) is 2.63. The van der Waals surface area contributed by atoms with Crippen molar-refractivity contribution in [2.45, 2.75) is 27.7 Å². The van der Waals surface area contributed by atoms with Crippen molar-refractivity contribution in [2.75, 3.05) is 18.8 Å². The molecule has 0 heterocycles. The zero-order valence-corrected chi connectivity index (χ0v) is 13.7. The van der Waals surface area contributed by atoms with Gasteiger partial charge in [0.1, 0.15) is 0 Å². The molecule has 0 aliphatic rings. The van der Waals surface area contributed by atoms with E-state index in [4.69, 9.17) is 5.73 Å². The van der Waals surface area contributed by atoms with Crippen LogP contribution >= 0.6 is 15.9 Å². The lowest BCUT2D eigenvalue weighted by Crippen LogP contribution is -2.37. The quantitative estimate of drug-likeness (QED) is 0.837. The number of nitrogens with zero attached hydrogens (tertiary/aromatic N) is 1. The fourth-order valence-electron chi connectivity index (χ4n) is 2.04. The van der Waals surface area contributed by atoms with Gasteiger partial charge in [-0.1, -0.05) is 43.6 Å². The van der Waals surface area contributed by atoms with Crippen molar-refractivity contribution in [3.8, 4) is 0 Å². The van der Waals surface area contributed by atoms with Crippen LogP contribution in [0.5, 0.6) is 0 Å². The average molecular weight is 327 g/mol. The normalized spacial score (nSPS) is 11.1. The smallest absolute Gasteiger partial charge is 0.253 e. The molecule has 106 valence electrons. The highest BCUT2D eigenvalue weighted by molar-refractivity contribution is 9.10. The van der Waals surface area contributed by atoms with E-state index in [0.717, 1.165) is 17.6 Å². The minimum absolute atomic E-state index is 0.0513. The molecule has 0 saturated heterocycles. The first-order valence-corrected chi connectivity index (χ1v) is 7.44. The fourth-order valence-corrected chi connectivity index (χ4v) is 2.55. The number of carbonyl (C=O) groups excluding carboxylic acids is 1. The molecule has 0 spiro atoms. The second-order valence-electron chi connectivity index (χ2n) is 5.77. The van der Waals surface area contributed by atoms with Crippen LogP contribution in [0.4, 0.5) is 5.69 Å². The van der Waals surface area contributed by atoms with Crippen LogP contribution in [0, 0.1) is 11.8 Å². The molecule has 1 aromatic carbocycles. The number of amides is 1. The van der Waals surface area contributed by atoms with E-state index in [1.807, 2.05) is 11.0 Å². The topological polar surface area (TPSA) is 46.3 Å². The summed E-state index contributed by atoms with van der Waals surface area (Å²) in [6, 6.07) is 5.36. The van der Waals surface area contributed by atoms with E-state index in [1.54, 1.807) is 12.1 Å². The van der Waals surface area contributed by atoms with Gasteiger partial charge in [0.2, 0.25) is 0 Å². The molecule has 19 heavy (non-hydrogen) atoms. The van der Waals surface area contributed by atoms with Gasteiger partial charge in [0.05, 0.1) is 0 Å². The van der Waals surface area contributed by atoms with Crippen LogP contribution in [-0.4, -0.2) is 23.9 Å². The van der Waals surface area contributed by atoms with E-state index in [0.29, 0.717) is 23.1 Å².